The van der Waals surface area contributed by atoms with Crippen molar-refractivity contribution < 1.29 is 9.53 Å². The maximum atomic E-state index is 11.5. The predicted octanol–water partition coefficient (Wildman–Crippen LogP) is 3.58. The molecule has 0 unspecified atom stereocenters. The van der Waals surface area contributed by atoms with Crippen LogP contribution in [-0.4, -0.2) is 17.6 Å². The topological polar surface area (TPSA) is 29.5 Å². The highest BCUT2D eigenvalue weighted by atomic mass is 16.5. The molecule has 94 valence electrons. The van der Waals surface area contributed by atoms with E-state index in [4.69, 9.17) is 4.74 Å². The first-order valence-corrected chi connectivity index (χ1v) is 6.09. The first-order valence-electron chi connectivity index (χ1n) is 6.09. The van der Waals surface area contributed by atoms with Crippen molar-refractivity contribution in [3.63, 3.8) is 0 Å². The van der Waals surface area contributed by atoms with Gasteiger partial charge < -0.3 is 4.74 Å². The summed E-state index contributed by atoms with van der Waals surface area (Å²) in [4.78, 5) is 13.0. The number of hydrogen-bond donors (Lipinski definition) is 0. The van der Waals surface area contributed by atoms with Crippen LogP contribution < -0.4 is 0 Å². The molecule has 0 saturated heterocycles. The molecule has 1 heterocycles. The number of allylic oxidation sites excluding steroid dienone is 2. The molecule has 0 N–H and O–H groups in total. The Bertz CT molecular complexity index is 477. The van der Waals surface area contributed by atoms with Crippen molar-refractivity contribution in [2.45, 2.75) is 19.8 Å². The van der Waals surface area contributed by atoms with E-state index in [1.807, 2.05) is 24.3 Å². The van der Waals surface area contributed by atoms with E-state index in [9.17, 15) is 4.79 Å². The molecule has 1 aliphatic heterocycles. The Hall–Kier alpha value is -2.03. The first kappa shape index (κ1) is 12.4. The van der Waals surface area contributed by atoms with Gasteiger partial charge in [-0.05, 0) is 25.0 Å². The smallest absolute Gasteiger partial charge is 0.417 e. The van der Waals surface area contributed by atoms with Gasteiger partial charge in [0.2, 0.25) is 0 Å². The lowest BCUT2D eigenvalue weighted by molar-refractivity contribution is 0.133. The number of hydrogen-bond acceptors (Lipinski definition) is 2. The lowest BCUT2D eigenvalue weighted by Crippen LogP contribution is -2.23. The molecule has 1 amide bonds. The monoisotopic (exact) mass is 243 g/mol. The summed E-state index contributed by atoms with van der Waals surface area (Å²) in [5.74, 6) is 0.219. The van der Waals surface area contributed by atoms with Crippen molar-refractivity contribution >= 4 is 6.09 Å². The minimum atomic E-state index is -0.340. The van der Waals surface area contributed by atoms with Gasteiger partial charge in [-0.25, -0.2) is 4.79 Å². The minimum absolute atomic E-state index is 0.219. The molecular formula is C15H17NO2. The quantitative estimate of drug-likeness (QED) is 0.794. The molecule has 0 spiro atoms. The summed E-state index contributed by atoms with van der Waals surface area (Å²) in [6, 6.07) is 8.26. The van der Waals surface area contributed by atoms with E-state index in [1.165, 1.54) is 16.0 Å². The van der Waals surface area contributed by atoms with Crippen molar-refractivity contribution in [2.24, 2.45) is 0 Å². The minimum Gasteiger partial charge on any atom is -0.449 e. The zero-order valence-electron chi connectivity index (χ0n) is 10.7. The van der Waals surface area contributed by atoms with E-state index in [2.05, 4.69) is 19.1 Å². The SMILES string of the molecule is CCOC(=O)N1C=CC(c2ccccc2C)C=C1. The van der Waals surface area contributed by atoms with Crippen LogP contribution in [0.5, 0.6) is 0 Å². The second kappa shape index (κ2) is 5.54. The molecule has 0 atom stereocenters. The zero-order valence-corrected chi connectivity index (χ0v) is 10.7. The molecule has 0 radical (unpaired) electrons. The average molecular weight is 243 g/mol. The summed E-state index contributed by atoms with van der Waals surface area (Å²) >= 11 is 0. The molecule has 0 fully saturated rings. The van der Waals surface area contributed by atoms with Gasteiger partial charge in [0, 0.05) is 18.3 Å². The van der Waals surface area contributed by atoms with Crippen molar-refractivity contribution in [2.75, 3.05) is 6.61 Å². The van der Waals surface area contributed by atoms with Crippen LogP contribution in [-0.2, 0) is 4.74 Å². The fourth-order valence-electron chi connectivity index (χ4n) is 1.97. The summed E-state index contributed by atoms with van der Waals surface area (Å²) in [6.45, 7) is 4.28. The summed E-state index contributed by atoms with van der Waals surface area (Å²) in [6.07, 6.45) is 7.18. The lowest BCUT2D eigenvalue weighted by atomic mass is 9.94. The van der Waals surface area contributed by atoms with E-state index < -0.39 is 0 Å². The Balaban J connectivity index is 2.10. The molecule has 0 aliphatic carbocycles. The Morgan fingerprint density at radius 3 is 2.56 bits per heavy atom. The molecule has 2 rings (SSSR count). The molecule has 1 aromatic rings. The lowest BCUT2D eigenvalue weighted by Gasteiger charge is -2.20. The van der Waals surface area contributed by atoms with E-state index in [-0.39, 0.29) is 12.0 Å². The number of rotatable bonds is 2. The predicted molar refractivity (Wildman–Crippen MR) is 71.1 cm³/mol. The highest BCUT2D eigenvalue weighted by Gasteiger charge is 2.15. The van der Waals surface area contributed by atoms with Gasteiger partial charge >= 0.3 is 6.09 Å². The number of aryl methyl sites for hydroxylation is 1. The van der Waals surface area contributed by atoms with E-state index in [1.54, 1.807) is 19.3 Å². The van der Waals surface area contributed by atoms with Gasteiger partial charge in [-0.1, -0.05) is 36.4 Å². The summed E-state index contributed by atoms with van der Waals surface area (Å²) in [5, 5.41) is 0. The Morgan fingerprint density at radius 2 is 1.94 bits per heavy atom. The van der Waals surface area contributed by atoms with Crippen molar-refractivity contribution in [3.05, 3.63) is 59.9 Å². The highest BCUT2D eigenvalue weighted by Crippen LogP contribution is 2.25. The maximum absolute atomic E-state index is 11.5. The van der Waals surface area contributed by atoms with E-state index in [0.29, 0.717) is 6.61 Å². The standard InChI is InChI=1S/C15H17NO2/c1-3-18-15(17)16-10-8-13(9-11-16)14-7-5-4-6-12(14)2/h4-11,13H,3H2,1-2H3. The van der Waals surface area contributed by atoms with Gasteiger partial charge in [0.1, 0.15) is 0 Å². The van der Waals surface area contributed by atoms with Gasteiger partial charge in [-0.2, -0.15) is 0 Å². The normalized spacial score (nSPS) is 14.9. The third kappa shape index (κ3) is 2.62. The van der Waals surface area contributed by atoms with Crippen LogP contribution in [0.1, 0.15) is 24.0 Å². The molecule has 0 saturated carbocycles. The van der Waals surface area contributed by atoms with Gasteiger partial charge in [-0.3, -0.25) is 4.90 Å². The molecule has 3 nitrogen and oxygen atoms in total. The Labute approximate surface area is 107 Å². The van der Waals surface area contributed by atoms with Gasteiger partial charge in [-0.15, -0.1) is 0 Å². The van der Waals surface area contributed by atoms with Crippen LogP contribution in [0.3, 0.4) is 0 Å². The second-order valence-corrected chi connectivity index (χ2v) is 4.17. The third-order valence-corrected chi connectivity index (χ3v) is 2.93. The molecule has 0 aromatic heterocycles. The van der Waals surface area contributed by atoms with Gasteiger partial charge in [0.25, 0.3) is 0 Å². The molecule has 1 aliphatic rings. The van der Waals surface area contributed by atoms with Crippen molar-refractivity contribution in [1.82, 2.24) is 4.90 Å². The molecule has 1 aromatic carbocycles. The number of ether oxygens (including phenoxy) is 1. The number of amides is 1. The van der Waals surface area contributed by atoms with Crippen LogP contribution in [0.2, 0.25) is 0 Å². The fraction of sp³-hybridized carbons (Fsp3) is 0.267. The average Bonchev–Trinajstić information content (AvgIpc) is 2.40. The van der Waals surface area contributed by atoms with Crippen LogP contribution >= 0.6 is 0 Å². The third-order valence-electron chi connectivity index (χ3n) is 2.93. The fourth-order valence-corrected chi connectivity index (χ4v) is 1.97. The first-order chi connectivity index (χ1) is 8.72. The van der Waals surface area contributed by atoms with Gasteiger partial charge in [0.05, 0.1) is 6.61 Å². The summed E-state index contributed by atoms with van der Waals surface area (Å²) in [5.41, 5.74) is 2.51. The Kier molecular flexibility index (Phi) is 3.82. The number of carbonyl (C=O) groups excluding carboxylic acids is 1. The van der Waals surface area contributed by atoms with Crippen LogP contribution in [0.25, 0.3) is 0 Å². The molecule has 18 heavy (non-hydrogen) atoms. The number of benzene rings is 1. The van der Waals surface area contributed by atoms with Crippen LogP contribution in [0.4, 0.5) is 4.79 Å². The van der Waals surface area contributed by atoms with Crippen molar-refractivity contribution in [3.8, 4) is 0 Å². The summed E-state index contributed by atoms with van der Waals surface area (Å²) < 4.78 is 4.93. The summed E-state index contributed by atoms with van der Waals surface area (Å²) in [7, 11) is 0. The molecule has 0 bridgehead atoms. The van der Waals surface area contributed by atoms with E-state index in [0.717, 1.165) is 0 Å². The van der Waals surface area contributed by atoms with Crippen LogP contribution in [0, 0.1) is 6.92 Å². The largest absolute Gasteiger partial charge is 0.449 e. The van der Waals surface area contributed by atoms with Crippen molar-refractivity contribution in [1.29, 1.82) is 0 Å². The molecular weight excluding hydrogens is 226 g/mol. The number of carbonyl (C=O) groups is 1. The Morgan fingerprint density at radius 1 is 1.28 bits per heavy atom. The van der Waals surface area contributed by atoms with Crippen LogP contribution in [0.15, 0.2) is 48.8 Å². The highest BCUT2D eigenvalue weighted by molar-refractivity contribution is 5.70. The number of nitrogens with zero attached hydrogens (tertiary/aromatic N) is 1. The second-order valence-electron chi connectivity index (χ2n) is 4.17. The molecule has 3 heteroatoms. The van der Waals surface area contributed by atoms with Gasteiger partial charge in [0.15, 0.2) is 0 Å². The zero-order chi connectivity index (χ0) is 13.0. The maximum Gasteiger partial charge on any atom is 0.417 e. The van der Waals surface area contributed by atoms with E-state index >= 15 is 0 Å².